The highest BCUT2D eigenvalue weighted by Crippen LogP contribution is 2.18. The summed E-state index contributed by atoms with van der Waals surface area (Å²) in [4.78, 5) is 0. The zero-order chi connectivity index (χ0) is 11.4. The van der Waals surface area contributed by atoms with Crippen LogP contribution in [0.1, 0.15) is 13.3 Å². The van der Waals surface area contributed by atoms with Crippen LogP contribution in [0.15, 0.2) is 11.8 Å². The summed E-state index contributed by atoms with van der Waals surface area (Å²) in [5.41, 5.74) is 2.48. The summed E-state index contributed by atoms with van der Waals surface area (Å²) in [6.45, 7) is 17.1. The van der Waals surface area contributed by atoms with Crippen molar-refractivity contribution in [3.63, 3.8) is 0 Å². The minimum absolute atomic E-state index is 0.118. The maximum atomic E-state index is 2.94. The Hall–Kier alpha value is 0.351. The fourth-order valence-electron chi connectivity index (χ4n) is 1.90. The lowest BCUT2D eigenvalue weighted by Crippen LogP contribution is -2.60. The molecule has 0 saturated carbocycles. The van der Waals surface area contributed by atoms with Crippen LogP contribution in [0.5, 0.6) is 0 Å². The molecule has 0 aromatic rings. The van der Waals surface area contributed by atoms with Crippen molar-refractivity contribution in [2.24, 2.45) is 0 Å². The van der Waals surface area contributed by atoms with Crippen molar-refractivity contribution in [1.82, 2.24) is 3.90 Å². The van der Waals surface area contributed by atoms with E-state index in [0.29, 0.717) is 0 Å². The fraction of sp³-hybridized carbons (Fsp3) is 0.800. The van der Waals surface area contributed by atoms with Gasteiger partial charge in [0.15, 0.2) is 0 Å². The molecule has 0 fully saturated rings. The van der Waals surface area contributed by atoms with Gasteiger partial charge in [-0.2, -0.15) is 0 Å². The lowest BCUT2D eigenvalue weighted by Gasteiger charge is -2.43. The average Bonchev–Trinajstić information content (AvgIpc) is 1.92. The molecule has 0 aromatic heterocycles. The molecule has 0 spiro atoms. The molecule has 0 saturated heterocycles. The smallest absolute Gasteiger partial charge is 0.105 e. The molecule has 0 aliphatic rings. The Morgan fingerprint density at radius 3 is 1.71 bits per heavy atom. The molecule has 4 heteroatoms. The predicted octanol–water partition coefficient (Wildman–Crippen LogP) is 2.97. The van der Waals surface area contributed by atoms with Crippen molar-refractivity contribution in [2.45, 2.75) is 52.6 Å². The van der Waals surface area contributed by atoms with E-state index in [2.05, 4.69) is 61.9 Å². The Kier molecular flexibility index (Phi) is 5.57. The van der Waals surface area contributed by atoms with E-state index in [0.717, 1.165) is 0 Å². The minimum atomic E-state index is -1.07. The largest absolute Gasteiger partial charge is 0.370 e. The summed E-state index contributed by atoms with van der Waals surface area (Å²) in [5.74, 6) is 0. The second-order valence-electron chi connectivity index (χ2n) is 5.83. The Balaban J connectivity index is 4.51. The normalized spacial score (nSPS) is 15.1. The molecule has 0 aliphatic heterocycles. The second kappa shape index (κ2) is 5.44. The summed E-state index contributed by atoms with van der Waals surface area (Å²) < 4.78 is 2.94. The van der Waals surface area contributed by atoms with Crippen LogP contribution in [0.3, 0.4) is 0 Å². The third-order valence-electron chi connectivity index (χ3n) is 2.31. The average molecular weight is 246 g/mol. The van der Waals surface area contributed by atoms with Gasteiger partial charge in [-0.3, -0.25) is 0 Å². The van der Waals surface area contributed by atoms with Crippen LogP contribution < -0.4 is 0 Å². The van der Waals surface area contributed by atoms with Gasteiger partial charge in [0, 0.05) is 0 Å². The van der Waals surface area contributed by atoms with Gasteiger partial charge < -0.3 is 3.90 Å². The van der Waals surface area contributed by atoms with Gasteiger partial charge in [-0.1, -0.05) is 58.0 Å². The Bertz CT molecular complexity index is 175. The molecule has 0 radical (unpaired) electrons. The SMILES string of the molecule is CCC=C[SiH2]N([Si](C)(C)C)[Si](C)(C)C. The first-order valence-electron chi connectivity index (χ1n) is 5.62. The molecular weight excluding hydrogens is 218 g/mol. The molecule has 0 aromatic carbocycles. The zero-order valence-electron chi connectivity index (χ0n) is 11.0. The van der Waals surface area contributed by atoms with Crippen LogP contribution in [0.2, 0.25) is 39.3 Å². The summed E-state index contributed by atoms with van der Waals surface area (Å²) in [6.07, 6.45) is 3.54. The van der Waals surface area contributed by atoms with Gasteiger partial charge in [-0.15, -0.1) is 0 Å². The van der Waals surface area contributed by atoms with Gasteiger partial charge in [0.05, 0.1) is 0 Å². The van der Waals surface area contributed by atoms with Crippen molar-refractivity contribution in [3.8, 4) is 0 Å². The van der Waals surface area contributed by atoms with Crippen molar-refractivity contribution in [2.75, 3.05) is 0 Å². The molecule has 0 aliphatic carbocycles. The first-order chi connectivity index (χ1) is 6.19. The quantitative estimate of drug-likeness (QED) is 0.673. The number of hydrogen-bond donors (Lipinski definition) is 0. The van der Waals surface area contributed by atoms with Crippen LogP contribution in [0.25, 0.3) is 0 Å². The number of hydrogen-bond acceptors (Lipinski definition) is 1. The number of nitrogens with zero attached hydrogens (tertiary/aromatic N) is 1. The van der Waals surface area contributed by atoms with E-state index in [4.69, 9.17) is 0 Å². The topological polar surface area (TPSA) is 3.24 Å². The second-order valence-corrected chi connectivity index (χ2v) is 18.8. The lowest BCUT2D eigenvalue weighted by atomic mass is 10.5. The summed E-state index contributed by atoms with van der Waals surface area (Å²) in [6, 6.07) is 0. The van der Waals surface area contributed by atoms with Crippen LogP contribution in [0, 0.1) is 0 Å². The van der Waals surface area contributed by atoms with E-state index in [1.807, 2.05) is 0 Å². The summed E-state index contributed by atoms with van der Waals surface area (Å²) in [5, 5.41) is 0. The van der Waals surface area contributed by atoms with E-state index in [9.17, 15) is 0 Å². The molecule has 0 heterocycles. The van der Waals surface area contributed by atoms with Crippen LogP contribution in [-0.4, -0.2) is 30.0 Å². The third-order valence-corrected chi connectivity index (χ3v) is 17.3. The van der Waals surface area contributed by atoms with Crippen molar-refractivity contribution >= 4 is 26.2 Å². The highest BCUT2D eigenvalue weighted by molar-refractivity contribution is 6.96. The van der Waals surface area contributed by atoms with Gasteiger partial charge in [0.2, 0.25) is 0 Å². The summed E-state index contributed by atoms with van der Waals surface area (Å²) >= 11 is 0. The van der Waals surface area contributed by atoms with Crippen molar-refractivity contribution in [3.05, 3.63) is 11.8 Å². The van der Waals surface area contributed by atoms with E-state index >= 15 is 0 Å². The van der Waals surface area contributed by atoms with Crippen molar-refractivity contribution in [1.29, 1.82) is 0 Å². The van der Waals surface area contributed by atoms with Crippen LogP contribution in [-0.2, 0) is 0 Å². The standard InChI is InChI=1S/C10H27NSi3/c1-8-9-10-12-11(13(2,3)4)14(5,6)7/h9-10H,8,12H2,1-7H3. The summed E-state index contributed by atoms with van der Waals surface area (Å²) in [7, 11) is -2.25. The molecule has 0 N–H and O–H groups in total. The molecule has 1 nitrogen and oxygen atoms in total. The predicted molar refractivity (Wildman–Crippen MR) is 76.5 cm³/mol. The maximum absolute atomic E-state index is 2.94. The first kappa shape index (κ1) is 14.4. The Morgan fingerprint density at radius 2 is 1.43 bits per heavy atom. The molecule has 0 atom stereocenters. The van der Waals surface area contributed by atoms with Crippen LogP contribution >= 0.6 is 0 Å². The lowest BCUT2D eigenvalue weighted by molar-refractivity contribution is 0.959. The highest BCUT2D eigenvalue weighted by atomic mass is 28.5. The first-order valence-corrected chi connectivity index (χ1v) is 14.0. The Labute approximate surface area is 94.7 Å². The van der Waals surface area contributed by atoms with Gasteiger partial charge in [0.1, 0.15) is 26.2 Å². The van der Waals surface area contributed by atoms with Gasteiger partial charge in [0.25, 0.3) is 0 Å². The zero-order valence-corrected chi connectivity index (χ0v) is 14.4. The number of allylic oxidation sites excluding steroid dienone is 1. The van der Waals surface area contributed by atoms with E-state index in [1.54, 1.807) is 0 Å². The van der Waals surface area contributed by atoms with Crippen LogP contribution in [0.4, 0.5) is 0 Å². The molecule has 84 valence electrons. The molecule has 0 unspecified atom stereocenters. The molecular formula is C10H27NSi3. The van der Waals surface area contributed by atoms with Gasteiger partial charge in [-0.05, 0) is 6.42 Å². The third kappa shape index (κ3) is 5.29. The van der Waals surface area contributed by atoms with E-state index < -0.39 is 16.5 Å². The highest BCUT2D eigenvalue weighted by Gasteiger charge is 2.32. The maximum Gasteiger partial charge on any atom is 0.105 e. The molecule has 0 rings (SSSR count). The van der Waals surface area contributed by atoms with Gasteiger partial charge in [-0.25, -0.2) is 0 Å². The monoisotopic (exact) mass is 245 g/mol. The molecule has 0 bridgehead atoms. The Morgan fingerprint density at radius 1 is 1.00 bits per heavy atom. The van der Waals surface area contributed by atoms with E-state index in [1.165, 1.54) is 6.42 Å². The fourth-order valence-corrected chi connectivity index (χ4v) is 15.7. The number of rotatable bonds is 5. The molecule has 14 heavy (non-hydrogen) atoms. The minimum Gasteiger partial charge on any atom is -0.370 e. The molecule has 0 amide bonds. The van der Waals surface area contributed by atoms with Gasteiger partial charge >= 0.3 is 0 Å². The van der Waals surface area contributed by atoms with E-state index in [-0.39, 0.29) is 9.68 Å². The van der Waals surface area contributed by atoms with Crippen molar-refractivity contribution < 1.29 is 0 Å².